The highest BCUT2D eigenvalue weighted by molar-refractivity contribution is 5.76. The van der Waals surface area contributed by atoms with Gasteiger partial charge in [0.25, 0.3) is 0 Å². The van der Waals surface area contributed by atoms with Crippen molar-refractivity contribution in [2.45, 2.75) is 46.7 Å². The van der Waals surface area contributed by atoms with Crippen molar-refractivity contribution >= 4 is 6.03 Å². The maximum absolute atomic E-state index is 11.5. The molecule has 0 saturated carbocycles. The molecule has 0 unspecified atom stereocenters. The van der Waals surface area contributed by atoms with Gasteiger partial charge in [0.2, 0.25) is 0 Å². The Bertz CT molecular complexity index is 245. The number of carbonyl (C=O) groups is 1. The first-order chi connectivity index (χ1) is 7.30. The number of nitrogens with one attached hydrogen (secondary N) is 2. The summed E-state index contributed by atoms with van der Waals surface area (Å²) in [5, 5.41) is 6.38. The Morgan fingerprint density at radius 2 is 2.06 bits per heavy atom. The molecule has 1 atom stereocenters. The van der Waals surface area contributed by atoms with E-state index in [-0.39, 0.29) is 11.4 Å². The van der Waals surface area contributed by atoms with Crippen molar-refractivity contribution in [2.75, 3.05) is 19.6 Å². The molecule has 0 aromatic carbocycles. The van der Waals surface area contributed by atoms with Crippen molar-refractivity contribution < 1.29 is 4.79 Å². The van der Waals surface area contributed by atoms with Crippen LogP contribution in [0.2, 0.25) is 0 Å². The van der Waals surface area contributed by atoms with Gasteiger partial charge in [-0.05, 0) is 5.41 Å². The molecule has 94 valence electrons. The molecule has 16 heavy (non-hydrogen) atoms. The molecule has 0 aliphatic carbocycles. The number of rotatable bonds is 4. The average Bonchev–Trinajstić information content (AvgIpc) is 2.48. The Kier molecular flexibility index (Phi) is 4.19. The summed E-state index contributed by atoms with van der Waals surface area (Å²) in [7, 11) is 0. The van der Waals surface area contributed by atoms with E-state index in [1.54, 1.807) is 0 Å². The van der Waals surface area contributed by atoms with E-state index in [1.807, 2.05) is 4.90 Å². The second kappa shape index (κ2) is 5.04. The molecule has 0 aromatic rings. The third-order valence-electron chi connectivity index (χ3n) is 2.93. The summed E-state index contributed by atoms with van der Waals surface area (Å²) in [6.07, 6.45) is 0. The van der Waals surface area contributed by atoms with Crippen molar-refractivity contribution in [2.24, 2.45) is 5.41 Å². The van der Waals surface area contributed by atoms with Crippen LogP contribution in [-0.4, -0.2) is 42.6 Å². The Labute approximate surface area is 98.8 Å². The number of amides is 2. The molecule has 1 saturated heterocycles. The second-order valence-corrected chi connectivity index (χ2v) is 5.92. The molecule has 0 aromatic heterocycles. The average molecular weight is 227 g/mol. The van der Waals surface area contributed by atoms with Crippen LogP contribution in [0.15, 0.2) is 0 Å². The molecule has 1 aliphatic rings. The van der Waals surface area contributed by atoms with E-state index in [1.165, 1.54) is 0 Å². The summed E-state index contributed by atoms with van der Waals surface area (Å²) in [6, 6.07) is 0.839. The summed E-state index contributed by atoms with van der Waals surface area (Å²) in [4.78, 5) is 13.4. The molecule has 1 heterocycles. The maximum atomic E-state index is 11.5. The Hall–Kier alpha value is -0.770. The molecule has 4 heteroatoms. The first-order valence-corrected chi connectivity index (χ1v) is 6.09. The van der Waals surface area contributed by atoms with Crippen LogP contribution in [0.5, 0.6) is 0 Å². The highest BCUT2D eigenvalue weighted by Crippen LogP contribution is 2.21. The quantitative estimate of drug-likeness (QED) is 0.763. The first-order valence-electron chi connectivity index (χ1n) is 6.09. The molecule has 1 aliphatic heterocycles. The minimum Gasteiger partial charge on any atom is -0.336 e. The number of hydrogen-bond donors (Lipinski definition) is 2. The molecule has 0 bridgehead atoms. The second-order valence-electron chi connectivity index (χ2n) is 5.92. The zero-order valence-electron chi connectivity index (χ0n) is 11.1. The first kappa shape index (κ1) is 13.3. The van der Waals surface area contributed by atoms with Crippen molar-refractivity contribution in [1.29, 1.82) is 0 Å². The lowest BCUT2D eigenvalue weighted by molar-refractivity contribution is 0.179. The molecule has 2 N–H and O–H groups in total. The molecule has 1 fully saturated rings. The number of carbonyl (C=O) groups excluding carboxylic acids is 1. The molecule has 4 nitrogen and oxygen atoms in total. The third-order valence-corrected chi connectivity index (χ3v) is 2.93. The summed E-state index contributed by atoms with van der Waals surface area (Å²) < 4.78 is 0. The Morgan fingerprint density at radius 1 is 1.44 bits per heavy atom. The van der Waals surface area contributed by atoms with Crippen molar-refractivity contribution in [3.63, 3.8) is 0 Å². The van der Waals surface area contributed by atoms with Gasteiger partial charge >= 0.3 is 6.03 Å². The van der Waals surface area contributed by atoms with Gasteiger partial charge in [0, 0.05) is 31.7 Å². The molecule has 0 radical (unpaired) electrons. The van der Waals surface area contributed by atoms with E-state index in [0.717, 1.165) is 19.6 Å². The fraction of sp³-hybridized carbons (Fsp3) is 0.917. The van der Waals surface area contributed by atoms with Gasteiger partial charge in [-0.2, -0.15) is 0 Å². The fourth-order valence-corrected chi connectivity index (χ4v) is 1.88. The highest BCUT2D eigenvalue weighted by Gasteiger charge is 2.30. The Morgan fingerprint density at radius 3 is 2.44 bits per heavy atom. The minimum absolute atomic E-state index is 0.0693. The van der Waals surface area contributed by atoms with Crippen LogP contribution in [0, 0.1) is 5.41 Å². The van der Waals surface area contributed by atoms with Crippen molar-refractivity contribution in [1.82, 2.24) is 15.5 Å². The minimum atomic E-state index is 0.0693. The third kappa shape index (κ3) is 3.67. The molecule has 1 rings (SSSR count). The number of nitrogens with zero attached hydrogens (tertiary/aromatic N) is 1. The number of urea groups is 1. The lowest BCUT2D eigenvalue weighted by Gasteiger charge is -2.35. The normalized spacial score (nSPS) is 19.1. The smallest absolute Gasteiger partial charge is 0.317 e. The van der Waals surface area contributed by atoms with E-state index < -0.39 is 0 Å². The monoisotopic (exact) mass is 227 g/mol. The standard InChI is InChI=1S/C12H25N3O/c1-9(2)14-10(12(3,4)5)8-15-7-6-13-11(15)16/h9-10,14H,6-8H2,1-5H3,(H,13,16)/t10-/m1/s1. The van der Waals surface area contributed by atoms with Crippen LogP contribution in [-0.2, 0) is 0 Å². The maximum Gasteiger partial charge on any atom is 0.317 e. The van der Waals surface area contributed by atoms with E-state index in [9.17, 15) is 4.79 Å². The lowest BCUT2D eigenvalue weighted by atomic mass is 9.86. The summed E-state index contributed by atoms with van der Waals surface area (Å²) in [5.74, 6) is 0. The fourth-order valence-electron chi connectivity index (χ4n) is 1.88. The van der Waals surface area contributed by atoms with Gasteiger partial charge in [-0.15, -0.1) is 0 Å². The van der Waals surface area contributed by atoms with E-state index >= 15 is 0 Å². The highest BCUT2D eigenvalue weighted by atomic mass is 16.2. The van der Waals surface area contributed by atoms with Crippen LogP contribution < -0.4 is 10.6 Å². The van der Waals surface area contributed by atoms with E-state index in [0.29, 0.717) is 12.1 Å². The summed E-state index contributed by atoms with van der Waals surface area (Å²) in [6.45, 7) is 13.3. The lowest BCUT2D eigenvalue weighted by Crippen LogP contribution is -2.51. The van der Waals surface area contributed by atoms with Crippen LogP contribution >= 0.6 is 0 Å². The zero-order chi connectivity index (χ0) is 12.3. The summed E-state index contributed by atoms with van der Waals surface area (Å²) >= 11 is 0. The molecular weight excluding hydrogens is 202 g/mol. The van der Waals surface area contributed by atoms with Crippen LogP contribution in [0.1, 0.15) is 34.6 Å². The topological polar surface area (TPSA) is 44.4 Å². The van der Waals surface area contributed by atoms with E-state index in [2.05, 4.69) is 45.3 Å². The molecular formula is C12H25N3O. The molecule has 0 spiro atoms. The largest absolute Gasteiger partial charge is 0.336 e. The van der Waals surface area contributed by atoms with Crippen LogP contribution in [0.3, 0.4) is 0 Å². The van der Waals surface area contributed by atoms with Gasteiger partial charge in [0.15, 0.2) is 0 Å². The van der Waals surface area contributed by atoms with E-state index in [4.69, 9.17) is 0 Å². The molecule has 2 amide bonds. The number of hydrogen-bond acceptors (Lipinski definition) is 2. The van der Waals surface area contributed by atoms with Gasteiger partial charge < -0.3 is 15.5 Å². The van der Waals surface area contributed by atoms with Gasteiger partial charge in [-0.25, -0.2) is 4.79 Å². The zero-order valence-corrected chi connectivity index (χ0v) is 11.1. The summed E-state index contributed by atoms with van der Waals surface area (Å²) in [5.41, 5.74) is 0.160. The van der Waals surface area contributed by atoms with Gasteiger partial charge in [-0.3, -0.25) is 0 Å². The predicted molar refractivity (Wildman–Crippen MR) is 66.5 cm³/mol. The van der Waals surface area contributed by atoms with Crippen molar-refractivity contribution in [3.8, 4) is 0 Å². The predicted octanol–water partition coefficient (Wildman–Crippen LogP) is 1.42. The van der Waals surface area contributed by atoms with Gasteiger partial charge in [0.1, 0.15) is 0 Å². The van der Waals surface area contributed by atoms with Gasteiger partial charge in [-0.1, -0.05) is 34.6 Å². The SMILES string of the molecule is CC(C)N[C@H](CN1CCNC1=O)C(C)(C)C. The van der Waals surface area contributed by atoms with Crippen LogP contribution in [0.25, 0.3) is 0 Å². The Balaban J connectivity index is 2.59. The van der Waals surface area contributed by atoms with Crippen molar-refractivity contribution in [3.05, 3.63) is 0 Å². The van der Waals surface area contributed by atoms with Gasteiger partial charge in [0.05, 0.1) is 0 Å². The van der Waals surface area contributed by atoms with Crippen LogP contribution in [0.4, 0.5) is 4.79 Å².